The molecule has 3 nitrogen and oxygen atoms in total. The molecule has 0 rings (SSSR count). The molecular formula is C8H24O3Si3. The Kier molecular flexibility index (Phi) is 4.76. The lowest BCUT2D eigenvalue weighted by atomic mass is 11.0. The first-order chi connectivity index (χ1) is 5.97. The summed E-state index contributed by atoms with van der Waals surface area (Å²) in [7, 11) is -6.28. The van der Waals surface area contributed by atoms with E-state index in [1.54, 1.807) is 0 Å². The van der Waals surface area contributed by atoms with Crippen molar-refractivity contribution >= 4 is 25.4 Å². The molecular weight excluding hydrogens is 228 g/mol. The van der Waals surface area contributed by atoms with Crippen molar-refractivity contribution in [3.05, 3.63) is 0 Å². The molecule has 0 aromatic carbocycles. The topological polar surface area (TPSA) is 38.7 Å². The summed E-state index contributed by atoms with van der Waals surface area (Å²) in [5.74, 6) is 0. The van der Waals surface area contributed by atoms with Gasteiger partial charge in [0.05, 0.1) is 0 Å². The molecule has 1 N–H and O–H groups in total. The van der Waals surface area contributed by atoms with Gasteiger partial charge in [0.15, 0.2) is 16.6 Å². The van der Waals surface area contributed by atoms with Crippen LogP contribution in [-0.4, -0.2) is 30.2 Å². The molecule has 0 bridgehead atoms. The Morgan fingerprint density at radius 2 is 1.14 bits per heavy atom. The zero-order valence-corrected chi connectivity index (χ0v) is 13.5. The predicted octanol–water partition coefficient (Wildman–Crippen LogP) is 2.64. The van der Waals surface area contributed by atoms with E-state index in [1.165, 1.54) is 0 Å². The summed E-state index contributed by atoms with van der Waals surface area (Å²) in [5, 5.41) is 0. The fourth-order valence-corrected chi connectivity index (χ4v) is 10.5. The molecule has 0 saturated carbocycles. The Balaban J connectivity index is 4.49. The average molecular weight is 253 g/mol. The van der Waals surface area contributed by atoms with E-state index in [-0.39, 0.29) is 0 Å². The minimum absolute atomic E-state index is 0.613. The Morgan fingerprint density at radius 1 is 0.857 bits per heavy atom. The third-order valence-electron chi connectivity index (χ3n) is 1.38. The van der Waals surface area contributed by atoms with Gasteiger partial charge in [0.1, 0.15) is 0 Å². The van der Waals surface area contributed by atoms with Crippen LogP contribution in [0, 0.1) is 0 Å². The standard InChI is InChI=1S/C8H24O3Si3/c1-8-14(9,10-12(2,3)4)11-13(5,6)7/h9H,8H2,1-7H3. The maximum Gasteiger partial charge on any atom is 0.476 e. The first kappa shape index (κ1) is 14.5. The van der Waals surface area contributed by atoms with E-state index in [0.717, 1.165) is 0 Å². The fourth-order valence-electron chi connectivity index (χ4n) is 1.12. The molecule has 0 heterocycles. The van der Waals surface area contributed by atoms with Crippen molar-refractivity contribution in [2.45, 2.75) is 52.2 Å². The maximum absolute atomic E-state index is 10.3. The van der Waals surface area contributed by atoms with Crippen LogP contribution in [0.2, 0.25) is 45.3 Å². The zero-order valence-electron chi connectivity index (χ0n) is 10.5. The van der Waals surface area contributed by atoms with Gasteiger partial charge in [-0.3, -0.25) is 0 Å². The van der Waals surface area contributed by atoms with Crippen LogP contribution < -0.4 is 0 Å². The van der Waals surface area contributed by atoms with Crippen LogP contribution in [-0.2, 0) is 8.23 Å². The molecule has 0 spiro atoms. The first-order valence-corrected chi connectivity index (χ1v) is 13.9. The van der Waals surface area contributed by atoms with E-state index in [0.29, 0.717) is 6.04 Å². The predicted molar refractivity (Wildman–Crippen MR) is 67.3 cm³/mol. The second-order valence-corrected chi connectivity index (χ2v) is 17.7. The van der Waals surface area contributed by atoms with Crippen molar-refractivity contribution in [2.24, 2.45) is 0 Å². The van der Waals surface area contributed by atoms with Gasteiger partial charge >= 0.3 is 8.80 Å². The van der Waals surface area contributed by atoms with Crippen molar-refractivity contribution in [1.82, 2.24) is 0 Å². The van der Waals surface area contributed by atoms with Crippen molar-refractivity contribution in [3.8, 4) is 0 Å². The van der Waals surface area contributed by atoms with Gasteiger partial charge in [0.25, 0.3) is 0 Å². The van der Waals surface area contributed by atoms with Crippen molar-refractivity contribution < 1.29 is 13.0 Å². The minimum atomic E-state index is -2.87. The third kappa shape index (κ3) is 6.91. The Labute approximate surface area is 91.1 Å². The van der Waals surface area contributed by atoms with E-state index in [1.807, 2.05) is 6.92 Å². The highest BCUT2D eigenvalue weighted by atomic mass is 28.5. The Morgan fingerprint density at radius 3 is 1.29 bits per heavy atom. The second kappa shape index (κ2) is 4.58. The quantitative estimate of drug-likeness (QED) is 0.765. The van der Waals surface area contributed by atoms with E-state index < -0.39 is 25.4 Å². The lowest BCUT2D eigenvalue weighted by molar-refractivity contribution is 0.246. The average Bonchev–Trinajstić information content (AvgIpc) is 1.78. The number of hydrogen-bond acceptors (Lipinski definition) is 3. The molecule has 0 aromatic rings. The van der Waals surface area contributed by atoms with Crippen LogP contribution >= 0.6 is 0 Å². The number of hydrogen-bond donors (Lipinski definition) is 1. The smallest absolute Gasteiger partial charge is 0.416 e. The second-order valence-electron chi connectivity index (χ2n) is 5.50. The molecule has 0 aliphatic heterocycles. The molecule has 0 amide bonds. The summed E-state index contributed by atoms with van der Waals surface area (Å²) in [5.41, 5.74) is 0. The molecule has 0 aliphatic carbocycles. The van der Waals surface area contributed by atoms with E-state index in [2.05, 4.69) is 39.3 Å². The van der Waals surface area contributed by atoms with Gasteiger partial charge in [0.2, 0.25) is 0 Å². The molecule has 0 fully saturated rings. The summed E-state index contributed by atoms with van der Waals surface area (Å²) < 4.78 is 11.6. The van der Waals surface area contributed by atoms with Gasteiger partial charge in [-0.05, 0) is 39.3 Å². The van der Waals surface area contributed by atoms with Crippen LogP contribution in [0.5, 0.6) is 0 Å². The van der Waals surface area contributed by atoms with Crippen molar-refractivity contribution in [2.75, 3.05) is 0 Å². The zero-order chi connectivity index (χ0) is 11.6. The highest BCUT2D eigenvalue weighted by Gasteiger charge is 2.42. The molecule has 0 aliphatic rings. The van der Waals surface area contributed by atoms with Gasteiger partial charge in [-0.25, -0.2) is 0 Å². The molecule has 0 saturated heterocycles. The van der Waals surface area contributed by atoms with E-state index >= 15 is 0 Å². The van der Waals surface area contributed by atoms with Gasteiger partial charge < -0.3 is 13.0 Å². The molecule has 0 aromatic heterocycles. The molecule has 0 unspecified atom stereocenters. The Bertz CT molecular complexity index is 167. The minimum Gasteiger partial charge on any atom is -0.416 e. The van der Waals surface area contributed by atoms with Crippen LogP contribution in [0.4, 0.5) is 0 Å². The maximum atomic E-state index is 10.3. The summed E-state index contributed by atoms with van der Waals surface area (Å²) in [6.45, 7) is 14.4. The monoisotopic (exact) mass is 252 g/mol. The lowest BCUT2D eigenvalue weighted by Gasteiger charge is -2.35. The van der Waals surface area contributed by atoms with Crippen LogP contribution in [0.1, 0.15) is 6.92 Å². The van der Waals surface area contributed by atoms with Gasteiger partial charge in [-0.2, -0.15) is 0 Å². The lowest BCUT2D eigenvalue weighted by Crippen LogP contribution is -2.54. The highest BCUT2D eigenvalue weighted by molar-refractivity contribution is 6.85. The Hall–Kier alpha value is 0.531. The third-order valence-corrected chi connectivity index (χ3v) is 9.72. The number of rotatable bonds is 5. The largest absolute Gasteiger partial charge is 0.476 e. The van der Waals surface area contributed by atoms with Gasteiger partial charge in [-0.15, -0.1) is 0 Å². The molecule has 86 valence electrons. The van der Waals surface area contributed by atoms with Crippen LogP contribution in [0.3, 0.4) is 0 Å². The summed E-state index contributed by atoms with van der Waals surface area (Å²) in [6.07, 6.45) is 0. The first-order valence-electron chi connectivity index (χ1n) is 5.10. The van der Waals surface area contributed by atoms with Gasteiger partial charge in [-0.1, -0.05) is 6.92 Å². The van der Waals surface area contributed by atoms with E-state index in [9.17, 15) is 4.80 Å². The fraction of sp³-hybridized carbons (Fsp3) is 1.00. The SMILES string of the molecule is CC[Si](O)(O[Si](C)(C)C)O[Si](C)(C)C. The van der Waals surface area contributed by atoms with Crippen molar-refractivity contribution in [3.63, 3.8) is 0 Å². The normalized spacial score (nSPS) is 14.6. The summed E-state index contributed by atoms with van der Waals surface area (Å²) in [6, 6.07) is 0.613. The summed E-state index contributed by atoms with van der Waals surface area (Å²) in [4.78, 5) is 10.3. The van der Waals surface area contributed by atoms with Crippen LogP contribution in [0.15, 0.2) is 0 Å². The molecule has 0 radical (unpaired) electrons. The molecule has 14 heavy (non-hydrogen) atoms. The highest BCUT2D eigenvalue weighted by Crippen LogP contribution is 2.21. The van der Waals surface area contributed by atoms with E-state index in [4.69, 9.17) is 8.23 Å². The van der Waals surface area contributed by atoms with Crippen LogP contribution in [0.25, 0.3) is 0 Å². The molecule has 0 atom stereocenters. The summed E-state index contributed by atoms with van der Waals surface area (Å²) >= 11 is 0. The van der Waals surface area contributed by atoms with Crippen molar-refractivity contribution in [1.29, 1.82) is 0 Å². The molecule has 6 heteroatoms. The van der Waals surface area contributed by atoms with Gasteiger partial charge in [0, 0.05) is 6.04 Å².